The molecule has 1 atom stereocenters. The van der Waals surface area contributed by atoms with Gasteiger partial charge in [-0.3, -0.25) is 9.59 Å². The van der Waals surface area contributed by atoms with Gasteiger partial charge >= 0.3 is 5.97 Å². The largest absolute Gasteiger partial charge is 0.854 e. The molecular formula is C27H21BrN4O4S. The number of amides is 1. The minimum Gasteiger partial charge on any atom is -0.854 e. The molecule has 0 bridgehead atoms. The van der Waals surface area contributed by atoms with E-state index in [2.05, 4.69) is 20.9 Å². The van der Waals surface area contributed by atoms with E-state index in [4.69, 9.17) is 9.84 Å². The molecule has 5 rings (SSSR count). The van der Waals surface area contributed by atoms with E-state index in [1.807, 2.05) is 30.3 Å². The van der Waals surface area contributed by atoms with Crippen LogP contribution in [-0.4, -0.2) is 22.0 Å². The van der Waals surface area contributed by atoms with Crippen molar-refractivity contribution in [3.63, 3.8) is 0 Å². The average molecular weight is 577 g/mol. The van der Waals surface area contributed by atoms with Crippen molar-refractivity contribution in [3.8, 4) is 22.9 Å². The monoisotopic (exact) mass is 576 g/mol. The molecule has 0 saturated carbocycles. The highest BCUT2D eigenvalue weighted by Gasteiger charge is 2.44. The molecule has 4 aromatic rings. The van der Waals surface area contributed by atoms with Crippen LogP contribution in [0.2, 0.25) is 0 Å². The van der Waals surface area contributed by atoms with E-state index in [1.54, 1.807) is 52.0 Å². The molecule has 0 saturated heterocycles. The Morgan fingerprint density at radius 2 is 1.81 bits per heavy atom. The maximum atomic E-state index is 13.4. The SMILES string of the molecule is CC(=O)Oc1ccc(Br)c(C2N(C(C)=O)c3ccccc3-c3c([O-])nc(SCc4ccccc4)n[n+]32)c1. The molecule has 0 fully saturated rings. The second kappa shape index (κ2) is 10.3. The summed E-state index contributed by atoms with van der Waals surface area (Å²) in [4.78, 5) is 30.6. The van der Waals surface area contributed by atoms with Crippen LogP contribution in [0.1, 0.15) is 31.1 Å². The van der Waals surface area contributed by atoms with Crippen LogP contribution in [-0.2, 0) is 15.3 Å². The van der Waals surface area contributed by atoms with Crippen molar-refractivity contribution in [2.45, 2.75) is 30.9 Å². The summed E-state index contributed by atoms with van der Waals surface area (Å²) in [5.74, 6) is -0.278. The third-order valence-electron chi connectivity index (χ3n) is 5.77. The van der Waals surface area contributed by atoms with Crippen molar-refractivity contribution in [1.29, 1.82) is 0 Å². The Balaban J connectivity index is 1.70. The highest BCUT2D eigenvalue weighted by molar-refractivity contribution is 9.10. The Morgan fingerprint density at radius 3 is 2.54 bits per heavy atom. The molecule has 1 amide bonds. The Morgan fingerprint density at radius 1 is 1.08 bits per heavy atom. The third kappa shape index (κ3) is 4.94. The number of ether oxygens (including phenoxy) is 1. The van der Waals surface area contributed by atoms with E-state index >= 15 is 0 Å². The number of fused-ring (bicyclic) bond motifs is 3. The van der Waals surface area contributed by atoms with E-state index in [-0.39, 0.29) is 16.8 Å². The number of benzene rings is 3. The maximum absolute atomic E-state index is 13.4. The van der Waals surface area contributed by atoms with E-state index in [9.17, 15) is 14.7 Å². The number of aromatic nitrogens is 3. The number of carbonyl (C=O) groups excluding carboxylic acids is 2. The van der Waals surface area contributed by atoms with E-state index < -0.39 is 18.0 Å². The Hall–Kier alpha value is -3.76. The molecule has 1 aliphatic rings. The first-order valence-corrected chi connectivity index (χ1v) is 13.2. The molecule has 3 aromatic carbocycles. The van der Waals surface area contributed by atoms with Gasteiger partial charge in [-0.25, -0.2) is 9.88 Å². The fourth-order valence-electron chi connectivity index (χ4n) is 4.29. The minimum atomic E-state index is -0.834. The number of esters is 1. The number of anilines is 1. The molecule has 1 aliphatic heterocycles. The topological polar surface area (TPSA) is 99.3 Å². The van der Waals surface area contributed by atoms with Crippen molar-refractivity contribution in [1.82, 2.24) is 10.1 Å². The standard InChI is InChI=1S/C27H21BrN4O4S/c1-16(33)31-23-11-7-6-10-20(23)24-25(35)29-27(37-15-18-8-4-3-5-9-18)30-32(24)26(31)21-14-19(36-17(2)34)12-13-22(21)28/h3-14,26H,15H2,1-2H3. The number of halogens is 1. The summed E-state index contributed by atoms with van der Waals surface area (Å²) in [6, 6.07) is 22.0. The lowest BCUT2D eigenvalue weighted by Gasteiger charge is -2.33. The number of para-hydroxylation sites is 1. The smallest absolute Gasteiger partial charge is 0.308 e. The van der Waals surface area contributed by atoms with Gasteiger partial charge in [-0.15, -0.1) is 0 Å². The zero-order chi connectivity index (χ0) is 26.1. The van der Waals surface area contributed by atoms with Crippen LogP contribution < -0.4 is 19.4 Å². The average Bonchev–Trinajstić information content (AvgIpc) is 2.88. The van der Waals surface area contributed by atoms with Crippen molar-refractivity contribution >= 4 is 45.3 Å². The molecule has 37 heavy (non-hydrogen) atoms. The van der Waals surface area contributed by atoms with Gasteiger partial charge in [0.05, 0.1) is 22.7 Å². The quantitative estimate of drug-likeness (QED) is 0.150. The maximum Gasteiger partial charge on any atom is 0.308 e. The van der Waals surface area contributed by atoms with Crippen LogP contribution in [0, 0.1) is 0 Å². The Bertz CT molecular complexity index is 1520. The predicted octanol–water partition coefficient (Wildman–Crippen LogP) is 4.40. The van der Waals surface area contributed by atoms with E-state index in [0.717, 1.165) is 5.56 Å². The molecule has 0 spiro atoms. The molecule has 0 aliphatic carbocycles. The van der Waals surface area contributed by atoms with Gasteiger partial charge in [0, 0.05) is 29.2 Å². The van der Waals surface area contributed by atoms with Gasteiger partial charge < -0.3 is 9.84 Å². The van der Waals surface area contributed by atoms with E-state index in [1.165, 1.54) is 25.6 Å². The summed E-state index contributed by atoms with van der Waals surface area (Å²) < 4.78 is 7.52. The van der Waals surface area contributed by atoms with Crippen LogP contribution in [0.15, 0.2) is 82.4 Å². The van der Waals surface area contributed by atoms with Gasteiger partial charge in [0.15, 0.2) is 0 Å². The molecule has 1 aromatic heterocycles. The highest BCUT2D eigenvalue weighted by atomic mass is 79.9. The van der Waals surface area contributed by atoms with Gasteiger partial charge in [0.1, 0.15) is 5.75 Å². The fraction of sp³-hybridized carbons (Fsp3) is 0.148. The highest BCUT2D eigenvalue weighted by Crippen LogP contribution is 2.42. The molecule has 10 heteroatoms. The molecule has 0 N–H and O–H groups in total. The fourth-order valence-corrected chi connectivity index (χ4v) is 5.52. The second-order valence-corrected chi connectivity index (χ2v) is 10.1. The van der Waals surface area contributed by atoms with Crippen LogP contribution in [0.4, 0.5) is 5.69 Å². The van der Waals surface area contributed by atoms with Gasteiger partial charge in [-0.1, -0.05) is 74.8 Å². The number of rotatable bonds is 5. The van der Waals surface area contributed by atoms with Gasteiger partial charge in [0.2, 0.25) is 5.91 Å². The van der Waals surface area contributed by atoms with Crippen LogP contribution in [0.5, 0.6) is 11.6 Å². The second-order valence-electron chi connectivity index (χ2n) is 8.32. The first-order chi connectivity index (χ1) is 17.8. The zero-order valence-electron chi connectivity index (χ0n) is 19.9. The Labute approximate surface area is 226 Å². The predicted molar refractivity (Wildman–Crippen MR) is 140 cm³/mol. The van der Waals surface area contributed by atoms with Crippen molar-refractivity contribution in [2.24, 2.45) is 0 Å². The summed E-state index contributed by atoms with van der Waals surface area (Å²) in [5.41, 5.74) is 3.05. The van der Waals surface area contributed by atoms with Crippen LogP contribution in [0.25, 0.3) is 11.3 Å². The molecule has 2 heterocycles. The number of hydrogen-bond donors (Lipinski definition) is 0. The normalized spacial score (nSPS) is 14.0. The number of thioether (sulfide) groups is 1. The lowest BCUT2D eigenvalue weighted by atomic mass is 10.0. The van der Waals surface area contributed by atoms with Gasteiger partial charge in [-0.05, 0) is 35.9 Å². The molecule has 1 unspecified atom stereocenters. The lowest BCUT2D eigenvalue weighted by Crippen LogP contribution is -2.58. The lowest BCUT2D eigenvalue weighted by molar-refractivity contribution is -0.764. The van der Waals surface area contributed by atoms with Crippen molar-refractivity contribution < 1.29 is 24.1 Å². The summed E-state index contributed by atoms with van der Waals surface area (Å²) >= 11 is 4.92. The number of nitrogens with zero attached hydrogens (tertiary/aromatic N) is 4. The zero-order valence-corrected chi connectivity index (χ0v) is 22.3. The first kappa shape index (κ1) is 24.9. The Kier molecular flexibility index (Phi) is 6.94. The van der Waals surface area contributed by atoms with Crippen molar-refractivity contribution in [2.75, 3.05) is 4.90 Å². The van der Waals surface area contributed by atoms with Crippen molar-refractivity contribution in [3.05, 3.63) is 88.4 Å². The summed E-state index contributed by atoms with van der Waals surface area (Å²) in [6.07, 6.45) is -0.834. The first-order valence-electron chi connectivity index (χ1n) is 11.4. The molecule has 0 radical (unpaired) electrons. The molecular weight excluding hydrogens is 556 g/mol. The van der Waals surface area contributed by atoms with Gasteiger partial charge in [-0.2, -0.15) is 0 Å². The minimum absolute atomic E-state index is 0.245. The van der Waals surface area contributed by atoms with Crippen LogP contribution >= 0.6 is 27.7 Å². The van der Waals surface area contributed by atoms with Gasteiger partial charge in [0.25, 0.3) is 17.0 Å². The summed E-state index contributed by atoms with van der Waals surface area (Å²) in [7, 11) is 0. The van der Waals surface area contributed by atoms with Crippen LogP contribution in [0.3, 0.4) is 0 Å². The summed E-state index contributed by atoms with van der Waals surface area (Å²) in [6.45, 7) is 2.78. The number of hydrogen-bond acceptors (Lipinski definition) is 7. The molecule has 8 nitrogen and oxygen atoms in total. The van der Waals surface area contributed by atoms with E-state index in [0.29, 0.717) is 32.8 Å². The summed E-state index contributed by atoms with van der Waals surface area (Å²) in [5, 5.41) is 18.5. The molecule has 186 valence electrons. The number of carbonyl (C=O) groups is 2. The third-order valence-corrected chi connectivity index (χ3v) is 7.41.